The van der Waals surface area contributed by atoms with Crippen molar-refractivity contribution in [1.82, 2.24) is 5.32 Å². The summed E-state index contributed by atoms with van der Waals surface area (Å²) in [6.45, 7) is 2.63. The average molecular weight is 247 g/mol. The highest BCUT2D eigenvalue weighted by atomic mass is 19.2. The third-order valence-corrected chi connectivity index (χ3v) is 2.13. The number of nitrogens with one attached hydrogen (secondary N) is 1. The fourth-order valence-corrected chi connectivity index (χ4v) is 1.12. The quantitative estimate of drug-likeness (QED) is 0.797. The third kappa shape index (κ3) is 2.97. The first-order valence-electron chi connectivity index (χ1n) is 4.85. The summed E-state index contributed by atoms with van der Waals surface area (Å²) in [7, 11) is 0. The van der Waals surface area contributed by atoms with Gasteiger partial charge in [0.05, 0.1) is 17.7 Å². The maximum absolute atomic E-state index is 13.3. The van der Waals surface area contributed by atoms with Crippen LogP contribution in [-0.4, -0.2) is 23.2 Å². The molecule has 17 heavy (non-hydrogen) atoms. The van der Waals surface area contributed by atoms with Crippen molar-refractivity contribution in [3.63, 3.8) is 0 Å². The molecule has 1 aromatic rings. The van der Waals surface area contributed by atoms with Crippen LogP contribution >= 0.6 is 0 Å². The van der Waals surface area contributed by atoms with E-state index in [1.165, 1.54) is 13.8 Å². The van der Waals surface area contributed by atoms with Gasteiger partial charge in [-0.05, 0) is 26.0 Å². The van der Waals surface area contributed by atoms with E-state index >= 15 is 0 Å². The monoisotopic (exact) mass is 247 g/mol. The molecule has 94 valence electrons. The Morgan fingerprint density at radius 1 is 1.29 bits per heavy atom. The van der Waals surface area contributed by atoms with E-state index in [0.29, 0.717) is 6.07 Å². The van der Waals surface area contributed by atoms with E-state index in [2.05, 4.69) is 5.32 Å². The molecule has 0 fully saturated rings. The van der Waals surface area contributed by atoms with Gasteiger partial charge < -0.3 is 10.4 Å². The van der Waals surface area contributed by atoms with E-state index in [1.807, 2.05) is 0 Å². The van der Waals surface area contributed by atoms with Gasteiger partial charge in [-0.3, -0.25) is 4.79 Å². The number of carbonyl (C=O) groups is 1. The molecule has 1 rings (SSSR count). The van der Waals surface area contributed by atoms with Gasteiger partial charge in [0.15, 0.2) is 17.5 Å². The SMILES string of the molecule is CC(C)(CO)NC(=O)c1ccc(F)c(F)c1F. The highest BCUT2D eigenvalue weighted by Crippen LogP contribution is 2.16. The summed E-state index contributed by atoms with van der Waals surface area (Å²) in [6, 6.07) is 1.51. The van der Waals surface area contributed by atoms with Crippen LogP contribution < -0.4 is 5.32 Å². The number of amides is 1. The summed E-state index contributed by atoms with van der Waals surface area (Å²) in [5.74, 6) is -5.52. The topological polar surface area (TPSA) is 49.3 Å². The molecule has 0 aliphatic carbocycles. The van der Waals surface area contributed by atoms with Crippen LogP contribution in [0, 0.1) is 17.5 Å². The minimum Gasteiger partial charge on any atom is -0.394 e. The van der Waals surface area contributed by atoms with Crippen molar-refractivity contribution in [2.75, 3.05) is 6.61 Å². The highest BCUT2D eigenvalue weighted by Gasteiger charge is 2.24. The summed E-state index contributed by atoms with van der Waals surface area (Å²) < 4.78 is 38.8. The number of aliphatic hydroxyl groups is 1. The zero-order valence-corrected chi connectivity index (χ0v) is 9.35. The number of hydrogen-bond acceptors (Lipinski definition) is 2. The van der Waals surface area contributed by atoms with E-state index in [0.717, 1.165) is 6.07 Å². The first-order valence-corrected chi connectivity index (χ1v) is 4.85. The van der Waals surface area contributed by atoms with E-state index in [9.17, 15) is 18.0 Å². The van der Waals surface area contributed by atoms with Crippen molar-refractivity contribution < 1.29 is 23.1 Å². The van der Waals surface area contributed by atoms with Gasteiger partial charge in [-0.15, -0.1) is 0 Å². The van der Waals surface area contributed by atoms with Gasteiger partial charge in [-0.1, -0.05) is 0 Å². The Kier molecular flexibility index (Phi) is 3.77. The molecule has 1 amide bonds. The Hall–Kier alpha value is -1.56. The maximum atomic E-state index is 13.3. The molecule has 0 radical (unpaired) electrons. The number of rotatable bonds is 3. The van der Waals surface area contributed by atoms with E-state index in [1.54, 1.807) is 0 Å². The van der Waals surface area contributed by atoms with Crippen LogP contribution in [0.5, 0.6) is 0 Å². The number of aliphatic hydroxyl groups excluding tert-OH is 1. The highest BCUT2D eigenvalue weighted by molar-refractivity contribution is 5.94. The van der Waals surface area contributed by atoms with Gasteiger partial charge in [0, 0.05) is 0 Å². The number of carbonyl (C=O) groups excluding carboxylic acids is 1. The lowest BCUT2D eigenvalue weighted by Crippen LogP contribution is -2.46. The third-order valence-electron chi connectivity index (χ3n) is 2.13. The second-order valence-electron chi connectivity index (χ2n) is 4.22. The second kappa shape index (κ2) is 4.75. The van der Waals surface area contributed by atoms with Gasteiger partial charge in [-0.25, -0.2) is 13.2 Å². The molecule has 0 aliphatic heterocycles. The van der Waals surface area contributed by atoms with Crippen molar-refractivity contribution in [3.8, 4) is 0 Å². The van der Waals surface area contributed by atoms with E-state index in [-0.39, 0.29) is 6.61 Å². The molecule has 0 unspecified atom stereocenters. The zero-order chi connectivity index (χ0) is 13.2. The first kappa shape index (κ1) is 13.5. The Bertz CT molecular complexity index is 447. The summed E-state index contributed by atoms with van der Waals surface area (Å²) in [5.41, 5.74) is -1.58. The molecule has 0 saturated carbocycles. The largest absolute Gasteiger partial charge is 0.394 e. The first-order chi connectivity index (χ1) is 7.78. The van der Waals surface area contributed by atoms with Gasteiger partial charge in [0.1, 0.15) is 0 Å². The van der Waals surface area contributed by atoms with Crippen molar-refractivity contribution >= 4 is 5.91 Å². The normalized spacial score (nSPS) is 11.4. The molecule has 2 N–H and O–H groups in total. The van der Waals surface area contributed by atoms with Crippen LogP contribution in [0.2, 0.25) is 0 Å². The lowest BCUT2D eigenvalue weighted by Gasteiger charge is -2.23. The molecule has 0 aromatic heterocycles. The maximum Gasteiger partial charge on any atom is 0.254 e. The molecule has 0 aliphatic rings. The molecule has 1 aromatic carbocycles. The number of hydrogen-bond donors (Lipinski definition) is 2. The van der Waals surface area contributed by atoms with Crippen molar-refractivity contribution in [3.05, 3.63) is 35.1 Å². The molecular formula is C11H12F3NO2. The molecule has 0 bridgehead atoms. The predicted octanol–water partition coefficient (Wildman–Crippen LogP) is 1.60. The van der Waals surface area contributed by atoms with Crippen molar-refractivity contribution in [2.45, 2.75) is 19.4 Å². The molecule has 0 spiro atoms. The summed E-state index contributed by atoms with van der Waals surface area (Å²) in [4.78, 5) is 11.6. The van der Waals surface area contributed by atoms with Crippen LogP contribution in [0.25, 0.3) is 0 Å². The summed E-state index contributed by atoms with van der Waals surface area (Å²) in [6.07, 6.45) is 0. The summed E-state index contributed by atoms with van der Waals surface area (Å²) in [5, 5.41) is 11.2. The fraction of sp³-hybridized carbons (Fsp3) is 0.364. The predicted molar refractivity (Wildman–Crippen MR) is 54.9 cm³/mol. The second-order valence-corrected chi connectivity index (χ2v) is 4.22. The van der Waals surface area contributed by atoms with Crippen LogP contribution in [0.3, 0.4) is 0 Å². The van der Waals surface area contributed by atoms with E-state index in [4.69, 9.17) is 5.11 Å². The fourth-order valence-electron chi connectivity index (χ4n) is 1.12. The standard InChI is InChI=1S/C11H12F3NO2/c1-11(2,5-16)15-10(17)6-3-4-7(12)9(14)8(6)13/h3-4,16H,5H2,1-2H3,(H,15,17). The number of halogens is 3. The van der Waals surface area contributed by atoms with Crippen LogP contribution in [0.4, 0.5) is 13.2 Å². The smallest absolute Gasteiger partial charge is 0.254 e. The molecule has 6 heteroatoms. The average Bonchev–Trinajstić information content (AvgIpc) is 2.25. The molecule has 0 atom stereocenters. The molecule has 3 nitrogen and oxygen atoms in total. The van der Waals surface area contributed by atoms with Gasteiger partial charge in [-0.2, -0.15) is 0 Å². The Labute approximate surface area is 96.3 Å². The Morgan fingerprint density at radius 3 is 2.41 bits per heavy atom. The molecule has 0 heterocycles. The summed E-state index contributed by atoms with van der Waals surface area (Å²) >= 11 is 0. The van der Waals surface area contributed by atoms with Crippen LogP contribution in [-0.2, 0) is 0 Å². The van der Waals surface area contributed by atoms with Crippen molar-refractivity contribution in [2.24, 2.45) is 0 Å². The lowest BCUT2D eigenvalue weighted by molar-refractivity contribution is 0.0864. The number of benzene rings is 1. The minimum atomic E-state index is -1.69. The molecule has 0 saturated heterocycles. The lowest BCUT2D eigenvalue weighted by atomic mass is 10.1. The van der Waals surface area contributed by atoms with Gasteiger partial charge in [0.2, 0.25) is 0 Å². The Morgan fingerprint density at radius 2 is 1.88 bits per heavy atom. The zero-order valence-electron chi connectivity index (χ0n) is 9.35. The van der Waals surface area contributed by atoms with Gasteiger partial charge >= 0.3 is 0 Å². The molecular weight excluding hydrogens is 235 g/mol. The van der Waals surface area contributed by atoms with Crippen LogP contribution in [0.1, 0.15) is 24.2 Å². The van der Waals surface area contributed by atoms with Gasteiger partial charge in [0.25, 0.3) is 5.91 Å². The van der Waals surface area contributed by atoms with E-state index < -0.39 is 34.5 Å². The minimum absolute atomic E-state index is 0.371. The Balaban J connectivity index is 3.02. The van der Waals surface area contributed by atoms with Crippen LogP contribution in [0.15, 0.2) is 12.1 Å². The van der Waals surface area contributed by atoms with Crippen molar-refractivity contribution in [1.29, 1.82) is 0 Å².